The Morgan fingerprint density at radius 3 is 2.82 bits per heavy atom. The van der Waals surface area contributed by atoms with Crippen molar-refractivity contribution < 1.29 is 18.7 Å². The average molecular weight is 248 g/mol. The third kappa shape index (κ3) is 2.74. The first-order valence-corrected chi connectivity index (χ1v) is 6.06. The van der Waals surface area contributed by atoms with Crippen molar-refractivity contribution in [2.45, 2.75) is 43.7 Å². The van der Waals surface area contributed by atoms with E-state index in [2.05, 4.69) is 5.32 Å². The molecule has 4 nitrogen and oxygen atoms in total. The smallest absolute Gasteiger partial charge is 0.267 e. The molecule has 2 saturated heterocycles. The highest BCUT2D eigenvalue weighted by atomic mass is 19.3. The predicted octanol–water partition coefficient (Wildman–Crippen LogP) is 0.357. The Morgan fingerprint density at radius 2 is 2.24 bits per heavy atom. The molecular formula is C11H18F2N2O2. The van der Waals surface area contributed by atoms with Crippen LogP contribution in [0.25, 0.3) is 0 Å². The summed E-state index contributed by atoms with van der Waals surface area (Å²) in [6, 6.07) is -1.09. The van der Waals surface area contributed by atoms with Gasteiger partial charge in [-0.05, 0) is 19.4 Å². The summed E-state index contributed by atoms with van der Waals surface area (Å²) in [7, 11) is 0. The molecule has 2 atom stereocenters. The van der Waals surface area contributed by atoms with Crippen LogP contribution in [0.3, 0.4) is 0 Å². The number of likely N-dealkylation sites (tertiary alicyclic amines) is 1. The van der Waals surface area contributed by atoms with Gasteiger partial charge >= 0.3 is 0 Å². The summed E-state index contributed by atoms with van der Waals surface area (Å²) in [5.74, 6) is -3.15. The van der Waals surface area contributed by atoms with Crippen LogP contribution in [-0.2, 0) is 4.79 Å². The van der Waals surface area contributed by atoms with Gasteiger partial charge in [0.05, 0.1) is 25.2 Å². The number of carbonyl (C=O) groups is 1. The summed E-state index contributed by atoms with van der Waals surface area (Å²) in [4.78, 5) is 13.2. The minimum Gasteiger partial charge on any atom is -0.394 e. The average Bonchev–Trinajstić information content (AvgIpc) is 2.65. The van der Waals surface area contributed by atoms with Crippen molar-refractivity contribution in [1.82, 2.24) is 10.2 Å². The van der Waals surface area contributed by atoms with Gasteiger partial charge in [-0.25, -0.2) is 8.78 Å². The Kier molecular flexibility index (Phi) is 3.63. The third-order valence-corrected chi connectivity index (χ3v) is 3.48. The number of amides is 1. The molecule has 1 amide bonds. The minimum absolute atomic E-state index is 0.291. The first kappa shape index (κ1) is 12.7. The van der Waals surface area contributed by atoms with E-state index in [1.54, 1.807) is 0 Å². The number of hydrogen-bond acceptors (Lipinski definition) is 3. The van der Waals surface area contributed by atoms with Crippen LogP contribution in [0.15, 0.2) is 0 Å². The number of nitrogens with zero attached hydrogens (tertiary/aromatic N) is 1. The van der Waals surface area contributed by atoms with Crippen LogP contribution in [0.2, 0.25) is 0 Å². The zero-order valence-corrected chi connectivity index (χ0v) is 9.66. The van der Waals surface area contributed by atoms with Crippen molar-refractivity contribution in [3.63, 3.8) is 0 Å². The molecule has 2 rings (SSSR count). The van der Waals surface area contributed by atoms with Gasteiger partial charge in [0.25, 0.3) is 5.92 Å². The van der Waals surface area contributed by atoms with E-state index < -0.39 is 31.5 Å². The van der Waals surface area contributed by atoms with Crippen molar-refractivity contribution in [3.05, 3.63) is 0 Å². The van der Waals surface area contributed by atoms with E-state index in [0.29, 0.717) is 6.42 Å². The highest BCUT2D eigenvalue weighted by molar-refractivity contribution is 5.82. The molecule has 98 valence electrons. The Bertz CT molecular complexity index is 293. The van der Waals surface area contributed by atoms with Crippen molar-refractivity contribution in [3.8, 4) is 0 Å². The van der Waals surface area contributed by atoms with E-state index in [1.165, 1.54) is 0 Å². The number of halogens is 2. The lowest BCUT2D eigenvalue weighted by Crippen LogP contribution is -2.51. The molecule has 0 aromatic rings. The monoisotopic (exact) mass is 248 g/mol. The Balaban J connectivity index is 2.02. The van der Waals surface area contributed by atoms with Crippen molar-refractivity contribution >= 4 is 5.91 Å². The van der Waals surface area contributed by atoms with E-state index in [-0.39, 0.29) is 11.9 Å². The third-order valence-electron chi connectivity index (χ3n) is 3.48. The zero-order valence-electron chi connectivity index (χ0n) is 9.66. The van der Waals surface area contributed by atoms with Crippen molar-refractivity contribution in [2.75, 3.05) is 19.7 Å². The maximum absolute atomic E-state index is 13.2. The van der Waals surface area contributed by atoms with E-state index >= 15 is 0 Å². The standard InChI is InChI=1S/C11H18F2N2O2/c12-11(13)5-8(6-16)15(7-11)10(17)9-3-1-2-4-14-9/h8-9,14,16H,1-7H2. The molecule has 2 N–H and O–H groups in total. The Morgan fingerprint density at radius 1 is 1.47 bits per heavy atom. The number of nitrogens with one attached hydrogen (secondary N) is 1. The molecule has 2 aliphatic heterocycles. The van der Waals surface area contributed by atoms with Crippen LogP contribution in [0.5, 0.6) is 0 Å². The van der Waals surface area contributed by atoms with Crippen LogP contribution in [0.4, 0.5) is 8.78 Å². The molecule has 0 aromatic carbocycles. The van der Waals surface area contributed by atoms with Gasteiger partial charge in [-0.15, -0.1) is 0 Å². The van der Waals surface area contributed by atoms with Crippen LogP contribution >= 0.6 is 0 Å². The number of aliphatic hydroxyl groups is 1. The first-order valence-electron chi connectivity index (χ1n) is 6.06. The van der Waals surface area contributed by atoms with Crippen molar-refractivity contribution in [1.29, 1.82) is 0 Å². The number of carbonyl (C=O) groups excluding carboxylic acids is 1. The maximum atomic E-state index is 13.2. The van der Waals surface area contributed by atoms with Crippen LogP contribution in [0, 0.1) is 0 Å². The molecule has 0 saturated carbocycles. The van der Waals surface area contributed by atoms with E-state index in [0.717, 1.165) is 24.3 Å². The summed E-state index contributed by atoms with van der Waals surface area (Å²) >= 11 is 0. The van der Waals surface area contributed by atoms with Crippen LogP contribution < -0.4 is 5.32 Å². The second-order valence-corrected chi connectivity index (χ2v) is 4.87. The number of hydrogen-bond donors (Lipinski definition) is 2. The first-order chi connectivity index (χ1) is 8.03. The topological polar surface area (TPSA) is 52.6 Å². The van der Waals surface area contributed by atoms with E-state index in [1.807, 2.05) is 0 Å². The predicted molar refractivity (Wildman–Crippen MR) is 57.8 cm³/mol. The van der Waals surface area contributed by atoms with Gasteiger partial charge in [0.2, 0.25) is 5.91 Å². The van der Waals surface area contributed by atoms with E-state index in [4.69, 9.17) is 5.11 Å². The van der Waals surface area contributed by atoms with Gasteiger partial charge in [0.15, 0.2) is 0 Å². The second-order valence-electron chi connectivity index (χ2n) is 4.87. The summed E-state index contributed by atoms with van der Waals surface area (Å²) < 4.78 is 26.5. The molecule has 0 aromatic heterocycles. The molecule has 0 radical (unpaired) electrons. The quantitative estimate of drug-likeness (QED) is 0.741. The highest BCUT2D eigenvalue weighted by Gasteiger charge is 2.47. The maximum Gasteiger partial charge on any atom is 0.267 e. The van der Waals surface area contributed by atoms with Gasteiger partial charge in [0, 0.05) is 6.42 Å². The Labute approximate surface area is 99.0 Å². The molecule has 17 heavy (non-hydrogen) atoms. The lowest BCUT2D eigenvalue weighted by molar-refractivity contribution is -0.136. The number of rotatable bonds is 2. The molecule has 6 heteroatoms. The molecule has 0 aliphatic carbocycles. The fraction of sp³-hybridized carbons (Fsp3) is 0.909. The van der Waals surface area contributed by atoms with E-state index in [9.17, 15) is 13.6 Å². The molecule has 0 bridgehead atoms. The summed E-state index contributed by atoms with van der Waals surface area (Å²) in [5.41, 5.74) is 0. The summed E-state index contributed by atoms with van der Waals surface area (Å²) in [6.07, 6.45) is 2.22. The normalized spacial score (nSPS) is 32.8. The summed E-state index contributed by atoms with van der Waals surface area (Å²) in [6.45, 7) is -0.201. The molecule has 2 aliphatic rings. The number of alkyl halides is 2. The van der Waals surface area contributed by atoms with Gasteiger partial charge in [0.1, 0.15) is 0 Å². The van der Waals surface area contributed by atoms with Crippen molar-refractivity contribution in [2.24, 2.45) is 0 Å². The molecule has 2 heterocycles. The molecule has 2 unspecified atom stereocenters. The number of piperidine rings is 1. The minimum atomic E-state index is -2.86. The molecule has 2 fully saturated rings. The lowest BCUT2D eigenvalue weighted by Gasteiger charge is -2.30. The number of aliphatic hydroxyl groups excluding tert-OH is 1. The molecule has 0 spiro atoms. The zero-order chi connectivity index (χ0) is 12.5. The lowest BCUT2D eigenvalue weighted by atomic mass is 10.0. The van der Waals surface area contributed by atoms with Gasteiger partial charge in [-0.2, -0.15) is 0 Å². The Hall–Kier alpha value is -0.750. The second kappa shape index (κ2) is 4.86. The van der Waals surface area contributed by atoms with Gasteiger partial charge in [-0.1, -0.05) is 6.42 Å². The fourth-order valence-electron chi connectivity index (χ4n) is 2.58. The van der Waals surface area contributed by atoms with Crippen LogP contribution in [0.1, 0.15) is 25.7 Å². The largest absolute Gasteiger partial charge is 0.394 e. The summed E-state index contributed by atoms with van der Waals surface area (Å²) in [5, 5.41) is 12.1. The highest BCUT2D eigenvalue weighted by Crippen LogP contribution is 2.32. The molecular weight excluding hydrogens is 230 g/mol. The fourth-order valence-corrected chi connectivity index (χ4v) is 2.58. The SMILES string of the molecule is O=C(C1CCCCN1)N1CC(F)(F)CC1CO. The van der Waals surface area contributed by atoms with Gasteiger partial charge in [-0.3, -0.25) is 4.79 Å². The van der Waals surface area contributed by atoms with Crippen LogP contribution in [-0.4, -0.2) is 53.6 Å². The van der Waals surface area contributed by atoms with Gasteiger partial charge < -0.3 is 15.3 Å².